The van der Waals surface area contributed by atoms with Gasteiger partial charge in [-0.15, -0.1) is 0 Å². The van der Waals surface area contributed by atoms with Gasteiger partial charge in [0.15, 0.2) is 0 Å². The summed E-state index contributed by atoms with van der Waals surface area (Å²) in [5.41, 5.74) is 4.59. The monoisotopic (exact) mass is 401 g/mol. The number of nitrogens with zero attached hydrogens (tertiary/aromatic N) is 2. The molecule has 0 saturated heterocycles. The average Bonchev–Trinajstić information content (AvgIpc) is 2.56. The van der Waals surface area contributed by atoms with E-state index in [-0.39, 0.29) is 5.91 Å². The van der Waals surface area contributed by atoms with Gasteiger partial charge in [-0.2, -0.15) is 5.10 Å². The second-order valence-corrected chi connectivity index (χ2v) is 5.77. The fraction of sp³-hybridized carbons (Fsp3) is 0. The van der Waals surface area contributed by atoms with Crippen LogP contribution in [0.25, 0.3) is 10.9 Å². The zero-order chi connectivity index (χ0) is 15.4. The maximum atomic E-state index is 12.1. The Labute approximate surface area is 141 Å². The molecule has 0 fully saturated rings. The molecular formula is C17H12IN3O. The predicted molar refractivity (Wildman–Crippen MR) is 96.0 cm³/mol. The van der Waals surface area contributed by atoms with Crippen LogP contribution in [0.4, 0.5) is 0 Å². The SMILES string of the molecule is O=C(N/N=C\c1ccccc1I)c1ccc2ccccc2n1. The van der Waals surface area contributed by atoms with E-state index in [1.165, 1.54) is 0 Å². The highest BCUT2D eigenvalue weighted by atomic mass is 127. The van der Waals surface area contributed by atoms with Gasteiger partial charge >= 0.3 is 0 Å². The molecule has 1 N–H and O–H groups in total. The molecule has 2 aromatic carbocycles. The van der Waals surface area contributed by atoms with Gasteiger partial charge in [-0.25, -0.2) is 10.4 Å². The van der Waals surface area contributed by atoms with E-state index in [2.05, 4.69) is 38.1 Å². The Morgan fingerprint density at radius 1 is 1.05 bits per heavy atom. The number of carbonyl (C=O) groups is 1. The Kier molecular flexibility index (Phi) is 4.43. The van der Waals surface area contributed by atoms with Crippen LogP contribution < -0.4 is 5.43 Å². The molecule has 3 rings (SSSR count). The van der Waals surface area contributed by atoms with Crippen LogP contribution >= 0.6 is 22.6 Å². The van der Waals surface area contributed by atoms with Gasteiger partial charge < -0.3 is 0 Å². The van der Waals surface area contributed by atoms with Crippen LogP contribution in [0.5, 0.6) is 0 Å². The van der Waals surface area contributed by atoms with Crippen molar-refractivity contribution in [2.24, 2.45) is 5.10 Å². The van der Waals surface area contributed by atoms with Crippen molar-refractivity contribution in [2.75, 3.05) is 0 Å². The molecule has 0 aliphatic carbocycles. The summed E-state index contributed by atoms with van der Waals surface area (Å²) in [4.78, 5) is 16.4. The number of amides is 1. The van der Waals surface area contributed by atoms with Crippen molar-refractivity contribution in [1.82, 2.24) is 10.4 Å². The summed E-state index contributed by atoms with van der Waals surface area (Å²) in [6, 6.07) is 19.0. The maximum absolute atomic E-state index is 12.1. The lowest BCUT2D eigenvalue weighted by Crippen LogP contribution is -2.19. The normalized spacial score (nSPS) is 11.0. The highest BCUT2D eigenvalue weighted by molar-refractivity contribution is 14.1. The van der Waals surface area contributed by atoms with Gasteiger partial charge in [0, 0.05) is 14.5 Å². The quantitative estimate of drug-likeness (QED) is 0.414. The van der Waals surface area contributed by atoms with E-state index in [4.69, 9.17) is 0 Å². The van der Waals surface area contributed by atoms with E-state index in [1.807, 2.05) is 54.6 Å². The zero-order valence-electron chi connectivity index (χ0n) is 11.5. The minimum Gasteiger partial charge on any atom is -0.266 e. The lowest BCUT2D eigenvalue weighted by molar-refractivity contribution is 0.0950. The van der Waals surface area contributed by atoms with Crippen LogP contribution in [-0.2, 0) is 0 Å². The van der Waals surface area contributed by atoms with Crippen LogP contribution in [-0.4, -0.2) is 17.1 Å². The van der Waals surface area contributed by atoms with Gasteiger partial charge in [0.2, 0.25) is 0 Å². The van der Waals surface area contributed by atoms with Crippen molar-refractivity contribution in [3.63, 3.8) is 0 Å². The Bertz CT molecular complexity index is 861. The summed E-state index contributed by atoms with van der Waals surface area (Å²) in [6.45, 7) is 0. The molecule has 1 aromatic heterocycles. The first-order valence-electron chi connectivity index (χ1n) is 6.68. The van der Waals surface area contributed by atoms with Gasteiger partial charge in [-0.05, 0) is 40.8 Å². The number of hydrazone groups is 1. The molecule has 5 heteroatoms. The third-order valence-corrected chi connectivity index (χ3v) is 4.09. The molecule has 108 valence electrons. The highest BCUT2D eigenvalue weighted by Crippen LogP contribution is 2.12. The predicted octanol–water partition coefficient (Wildman–Crippen LogP) is 3.60. The molecule has 0 radical (unpaired) electrons. The Morgan fingerprint density at radius 2 is 1.82 bits per heavy atom. The molecule has 1 heterocycles. The van der Waals surface area contributed by atoms with E-state index in [1.54, 1.807) is 12.3 Å². The van der Waals surface area contributed by atoms with Crippen molar-refractivity contribution in [1.29, 1.82) is 0 Å². The number of rotatable bonds is 3. The number of fused-ring (bicyclic) bond motifs is 1. The fourth-order valence-corrected chi connectivity index (χ4v) is 2.52. The molecule has 0 unspecified atom stereocenters. The molecule has 0 aliphatic rings. The van der Waals surface area contributed by atoms with Crippen LogP contribution in [0.3, 0.4) is 0 Å². The van der Waals surface area contributed by atoms with E-state index in [0.29, 0.717) is 5.69 Å². The van der Waals surface area contributed by atoms with E-state index in [0.717, 1.165) is 20.0 Å². The van der Waals surface area contributed by atoms with E-state index in [9.17, 15) is 4.79 Å². The summed E-state index contributed by atoms with van der Waals surface area (Å²) in [7, 11) is 0. The van der Waals surface area contributed by atoms with Crippen LogP contribution in [0, 0.1) is 3.57 Å². The first-order chi connectivity index (χ1) is 10.7. The van der Waals surface area contributed by atoms with Gasteiger partial charge in [0.25, 0.3) is 5.91 Å². The molecule has 4 nitrogen and oxygen atoms in total. The topological polar surface area (TPSA) is 54.4 Å². The first kappa shape index (κ1) is 14.6. The molecule has 22 heavy (non-hydrogen) atoms. The van der Waals surface area contributed by atoms with Gasteiger partial charge in [0.05, 0.1) is 11.7 Å². The molecule has 0 saturated carbocycles. The van der Waals surface area contributed by atoms with Gasteiger partial charge in [0.1, 0.15) is 5.69 Å². The fourth-order valence-electron chi connectivity index (χ4n) is 1.99. The largest absolute Gasteiger partial charge is 0.289 e. The Morgan fingerprint density at radius 3 is 2.68 bits per heavy atom. The number of halogens is 1. The number of carbonyl (C=O) groups excluding carboxylic acids is 1. The average molecular weight is 401 g/mol. The standard InChI is InChI=1S/C17H12IN3O/c18-14-7-3-1-6-13(14)11-19-21-17(22)16-10-9-12-5-2-4-8-15(12)20-16/h1-11H,(H,21,22)/b19-11-. The lowest BCUT2D eigenvalue weighted by Gasteiger charge is -2.02. The van der Waals surface area contributed by atoms with Gasteiger partial charge in [-0.1, -0.05) is 42.5 Å². The molecule has 0 bridgehead atoms. The number of benzene rings is 2. The van der Waals surface area contributed by atoms with Crippen LogP contribution in [0.15, 0.2) is 65.8 Å². The molecule has 0 aliphatic heterocycles. The summed E-state index contributed by atoms with van der Waals surface area (Å²) in [5, 5.41) is 4.99. The smallest absolute Gasteiger partial charge is 0.266 e. The minimum absolute atomic E-state index is 0.326. The highest BCUT2D eigenvalue weighted by Gasteiger charge is 2.06. The van der Waals surface area contributed by atoms with Crippen LogP contribution in [0.1, 0.15) is 16.1 Å². The van der Waals surface area contributed by atoms with Crippen molar-refractivity contribution in [2.45, 2.75) is 0 Å². The number of nitrogens with one attached hydrogen (secondary N) is 1. The van der Waals surface area contributed by atoms with Crippen molar-refractivity contribution >= 4 is 45.6 Å². The summed E-state index contributed by atoms with van der Waals surface area (Å²) in [6.07, 6.45) is 1.63. The minimum atomic E-state index is -0.326. The third-order valence-electron chi connectivity index (χ3n) is 3.11. The summed E-state index contributed by atoms with van der Waals surface area (Å²) < 4.78 is 1.07. The number of pyridine rings is 1. The number of para-hydroxylation sites is 1. The third kappa shape index (κ3) is 3.30. The van der Waals surface area contributed by atoms with Crippen molar-refractivity contribution in [3.8, 4) is 0 Å². The van der Waals surface area contributed by atoms with E-state index >= 15 is 0 Å². The molecular weight excluding hydrogens is 389 g/mol. The number of aromatic nitrogens is 1. The molecule has 3 aromatic rings. The second kappa shape index (κ2) is 6.65. The summed E-state index contributed by atoms with van der Waals surface area (Å²) in [5.74, 6) is -0.326. The summed E-state index contributed by atoms with van der Waals surface area (Å²) >= 11 is 2.22. The van der Waals surface area contributed by atoms with Crippen molar-refractivity contribution < 1.29 is 4.79 Å². The Balaban J connectivity index is 1.74. The second-order valence-electron chi connectivity index (χ2n) is 4.61. The van der Waals surface area contributed by atoms with E-state index < -0.39 is 0 Å². The lowest BCUT2D eigenvalue weighted by atomic mass is 10.2. The number of hydrogen-bond donors (Lipinski definition) is 1. The van der Waals surface area contributed by atoms with Crippen LogP contribution in [0.2, 0.25) is 0 Å². The first-order valence-corrected chi connectivity index (χ1v) is 7.75. The maximum Gasteiger partial charge on any atom is 0.289 e. The Hall–Kier alpha value is -2.28. The molecule has 0 atom stereocenters. The van der Waals surface area contributed by atoms with Crippen molar-refractivity contribution in [3.05, 3.63) is 75.5 Å². The zero-order valence-corrected chi connectivity index (χ0v) is 13.7. The van der Waals surface area contributed by atoms with Gasteiger partial charge in [-0.3, -0.25) is 4.79 Å². The molecule has 1 amide bonds. The molecule has 0 spiro atoms. The number of hydrogen-bond acceptors (Lipinski definition) is 3.